The van der Waals surface area contributed by atoms with Crippen LogP contribution in [0.2, 0.25) is 0 Å². The molecule has 3 aromatic rings. The number of nitrogens with zero attached hydrogens (tertiary/aromatic N) is 3. The van der Waals surface area contributed by atoms with Crippen LogP contribution in [-0.4, -0.2) is 17.8 Å². The Morgan fingerprint density at radius 3 is 2.19 bits per heavy atom. The quantitative estimate of drug-likeness (QED) is 0.709. The molecule has 1 heterocycles. The summed E-state index contributed by atoms with van der Waals surface area (Å²) in [5.74, 6) is -0.236. The number of carbonyl (C=O) groups is 1. The molecular weight excluding hydrogens is 322 g/mol. The van der Waals surface area contributed by atoms with Crippen LogP contribution in [0.4, 0.5) is 5.69 Å². The molecule has 0 N–H and O–H groups in total. The van der Waals surface area contributed by atoms with E-state index in [2.05, 4.69) is 11.1 Å². The van der Waals surface area contributed by atoms with Gasteiger partial charge < -0.3 is 0 Å². The van der Waals surface area contributed by atoms with Gasteiger partial charge in [-0.3, -0.25) is 9.69 Å². The Balaban J connectivity index is 1.87. The van der Waals surface area contributed by atoms with Gasteiger partial charge in [0.25, 0.3) is 5.91 Å². The molecule has 26 heavy (non-hydrogen) atoms. The van der Waals surface area contributed by atoms with E-state index in [-0.39, 0.29) is 5.91 Å². The van der Waals surface area contributed by atoms with Gasteiger partial charge in [-0.1, -0.05) is 66.7 Å². The molecule has 4 rings (SSSR count). The molecule has 1 amide bonds. The molecule has 0 aliphatic carbocycles. The van der Waals surface area contributed by atoms with E-state index in [1.807, 2.05) is 72.8 Å². The number of anilines is 1. The summed E-state index contributed by atoms with van der Waals surface area (Å²) in [5.41, 5.74) is 3.72. The zero-order valence-electron chi connectivity index (χ0n) is 13.9. The summed E-state index contributed by atoms with van der Waals surface area (Å²) in [7, 11) is 0. The van der Waals surface area contributed by atoms with Crippen molar-refractivity contribution in [2.24, 2.45) is 4.99 Å². The van der Waals surface area contributed by atoms with Crippen molar-refractivity contribution in [1.82, 2.24) is 0 Å². The molecule has 0 bridgehead atoms. The smallest absolute Gasteiger partial charge is 0.260 e. The molecule has 0 fully saturated rings. The minimum atomic E-state index is -0.909. The maximum Gasteiger partial charge on any atom is 0.260 e. The second kappa shape index (κ2) is 6.66. The van der Waals surface area contributed by atoms with Crippen LogP contribution in [0.1, 0.15) is 21.5 Å². The number of para-hydroxylation sites is 1. The topological polar surface area (TPSA) is 56.5 Å². The number of hydrogen-bond acceptors (Lipinski definition) is 3. The summed E-state index contributed by atoms with van der Waals surface area (Å²) < 4.78 is 0. The fourth-order valence-corrected chi connectivity index (χ4v) is 3.12. The predicted molar refractivity (Wildman–Crippen MR) is 101 cm³/mol. The van der Waals surface area contributed by atoms with E-state index < -0.39 is 6.17 Å². The third-order valence-electron chi connectivity index (χ3n) is 4.32. The van der Waals surface area contributed by atoms with E-state index in [1.54, 1.807) is 12.1 Å². The molecule has 1 unspecified atom stereocenters. The van der Waals surface area contributed by atoms with Gasteiger partial charge in [0, 0.05) is 16.7 Å². The number of nitriles is 1. The lowest BCUT2D eigenvalue weighted by Gasteiger charge is -2.32. The minimum Gasteiger partial charge on any atom is -0.272 e. The average molecular weight is 337 g/mol. The van der Waals surface area contributed by atoms with Crippen molar-refractivity contribution in [1.29, 1.82) is 5.26 Å². The first-order valence-electron chi connectivity index (χ1n) is 8.30. The molecule has 0 radical (unpaired) electrons. The maximum absolute atomic E-state index is 13.1. The Hall–Kier alpha value is -3.71. The summed E-state index contributed by atoms with van der Waals surface area (Å²) in [4.78, 5) is 19.2. The molecule has 124 valence electrons. The maximum atomic E-state index is 13.1. The molecule has 1 aliphatic rings. The number of fused-ring (bicyclic) bond motifs is 1. The molecule has 0 saturated heterocycles. The van der Waals surface area contributed by atoms with Crippen LogP contribution >= 0.6 is 0 Å². The highest BCUT2D eigenvalue weighted by molar-refractivity contribution is 6.20. The van der Waals surface area contributed by atoms with Crippen LogP contribution in [-0.2, 0) is 0 Å². The Morgan fingerprint density at radius 2 is 1.50 bits per heavy atom. The highest BCUT2D eigenvalue weighted by Gasteiger charge is 2.33. The number of aliphatic imine (C=N–C) groups is 1. The van der Waals surface area contributed by atoms with Crippen molar-refractivity contribution < 1.29 is 4.79 Å². The van der Waals surface area contributed by atoms with E-state index >= 15 is 0 Å². The summed E-state index contributed by atoms with van der Waals surface area (Å²) >= 11 is 0. The van der Waals surface area contributed by atoms with Crippen molar-refractivity contribution in [3.63, 3.8) is 0 Å². The predicted octanol–water partition coefficient (Wildman–Crippen LogP) is 4.03. The van der Waals surface area contributed by atoms with E-state index in [1.165, 1.54) is 4.90 Å². The number of amides is 1. The normalized spacial score (nSPS) is 15.6. The van der Waals surface area contributed by atoms with Gasteiger partial charge in [-0.05, 0) is 18.2 Å². The second-order valence-electron chi connectivity index (χ2n) is 5.90. The van der Waals surface area contributed by atoms with Gasteiger partial charge in [0.1, 0.15) is 6.07 Å². The summed E-state index contributed by atoms with van der Waals surface area (Å²) in [6, 6.07) is 28.4. The number of benzene rings is 3. The summed E-state index contributed by atoms with van der Waals surface area (Å²) in [5, 5.41) is 9.70. The molecule has 3 aromatic carbocycles. The van der Waals surface area contributed by atoms with Crippen molar-refractivity contribution in [2.45, 2.75) is 6.17 Å². The second-order valence-corrected chi connectivity index (χ2v) is 5.90. The van der Waals surface area contributed by atoms with Crippen molar-refractivity contribution in [3.05, 3.63) is 102 Å². The summed E-state index contributed by atoms with van der Waals surface area (Å²) in [6.07, 6.45) is -0.909. The van der Waals surface area contributed by atoms with Crippen LogP contribution in [0.25, 0.3) is 0 Å². The first kappa shape index (κ1) is 15.8. The van der Waals surface area contributed by atoms with Crippen LogP contribution in [0, 0.1) is 11.3 Å². The minimum absolute atomic E-state index is 0.236. The van der Waals surface area contributed by atoms with Gasteiger partial charge in [-0.2, -0.15) is 5.26 Å². The molecule has 4 nitrogen and oxygen atoms in total. The average Bonchev–Trinajstić information content (AvgIpc) is 2.73. The van der Waals surface area contributed by atoms with E-state index in [0.29, 0.717) is 11.3 Å². The Kier molecular flexibility index (Phi) is 4.04. The van der Waals surface area contributed by atoms with Gasteiger partial charge in [0.05, 0.1) is 11.4 Å². The van der Waals surface area contributed by atoms with Crippen molar-refractivity contribution in [2.75, 3.05) is 4.90 Å². The molecule has 0 spiro atoms. The third kappa shape index (κ3) is 2.66. The van der Waals surface area contributed by atoms with E-state index in [9.17, 15) is 10.1 Å². The van der Waals surface area contributed by atoms with Gasteiger partial charge in [0.15, 0.2) is 0 Å². The lowest BCUT2D eigenvalue weighted by molar-refractivity contribution is 0.0982. The molecule has 1 atom stereocenters. The highest BCUT2D eigenvalue weighted by Crippen LogP contribution is 2.31. The lowest BCUT2D eigenvalue weighted by atomic mass is 9.97. The zero-order chi connectivity index (χ0) is 17.9. The number of carbonyl (C=O) groups excluding carboxylic acids is 1. The monoisotopic (exact) mass is 337 g/mol. The Bertz CT molecular complexity index is 1020. The molecular formula is C22H15N3O. The number of rotatable bonds is 2. The largest absolute Gasteiger partial charge is 0.272 e. The molecule has 0 aromatic heterocycles. The fraction of sp³-hybridized carbons (Fsp3) is 0.0455. The zero-order valence-corrected chi connectivity index (χ0v) is 13.9. The molecule has 1 aliphatic heterocycles. The van der Waals surface area contributed by atoms with E-state index in [4.69, 9.17) is 0 Å². The van der Waals surface area contributed by atoms with Gasteiger partial charge in [0.2, 0.25) is 6.17 Å². The Morgan fingerprint density at radius 1 is 0.885 bits per heavy atom. The standard InChI is InChI=1S/C22H15N3O/c23-15-20-24-21(16-9-3-1-4-10-16)18-13-7-8-14-19(18)25(20)22(26)17-11-5-2-6-12-17/h1-14,20H. The van der Waals surface area contributed by atoms with Gasteiger partial charge in [-0.25, -0.2) is 4.99 Å². The van der Waals surface area contributed by atoms with Crippen LogP contribution < -0.4 is 4.90 Å². The first-order valence-corrected chi connectivity index (χ1v) is 8.30. The number of hydrogen-bond donors (Lipinski definition) is 0. The fourth-order valence-electron chi connectivity index (χ4n) is 3.12. The third-order valence-corrected chi connectivity index (χ3v) is 4.32. The summed E-state index contributed by atoms with van der Waals surface area (Å²) in [6.45, 7) is 0. The van der Waals surface area contributed by atoms with E-state index in [0.717, 1.165) is 16.8 Å². The molecule has 0 saturated carbocycles. The van der Waals surface area contributed by atoms with Gasteiger partial charge >= 0.3 is 0 Å². The first-order chi connectivity index (χ1) is 12.8. The molecule has 4 heteroatoms. The van der Waals surface area contributed by atoms with Crippen molar-refractivity contribution in [3.8, 4) is 6.07 Å². The lowest BCUT2D eigenvalue weighted by Crippen LogP contribution is -2.42. The SMILES string of the molecule is N#CC1N=C(c2ccccc2)c2ccccc2N1C(=O)c1ccccc1. The van der Waals surface area contributed by atoms with Gasteiger partial charge in [-0.15, -0.1) is 0 Å². The van der Waals surface area contributed by atoms with Crippen molar-refractivity contribution >= 4 is 17.3 Å². The van der Waals surface area contributed by atoms with Crippen LogP contribution in [0.15, 0.2) is 89.9 Å². The van der Waals surface area contributed by atoms with Crippen LogP contribution in [0.3, 0.4) is 0 Å². The Labute approximate surface area is 151 Å². The van der Waals surface area contributed by atoms with Crippen LogP contribution in [0.5, 0.6) is 0 Å². The highest BCUT2D eigenvalue weighted by atomic mass is 16.2.